The Morgan fingerprint density at radius 1 is 1.54 bits per heavy atom. The molecule has 74 valence electrons. The summed E-state index contributed by atoms with van der Waals surface area (Å²) < 4.78 is 0. The molecular formula is C11H18O2. The first-order chi connectivity index (χ1) is 6.07. The van der Waals surface area contributed by atoms with Crippen molar-refractivity contribution in [1.29, 1.82) is 0 Å². The van der Waals surface area contributed by atoms with Crippen LogP contribution in [0.25, 0.3) is 0 Å². The SMILES string of the molecule is CC[C@@]1(O)C[C@H]2CC(=O)C[C@H]2[C@H]1C. The van der Waals surface area contributed by atoms with Crippen LogP contribution in [0, 0.1) is 17.8 Å². The zero-order valence-electron chi connectivity index (χ0n) is 8.42. The molecule has 0 aromatic heterocycles. The van der Waals surface area contributed by atoms with Gasteiger partial charge in [0.15, 0.2) is 0 Å². The summed E-state index contributed by atoms with van der Waals surface area (Å²) in [4.78, 5) is 11.2. The average molecular weight is 182 g/mol. The average Bonchev–Trinajstić information content (AvgIpc) is 2.53. The summed E-state index contributed by atoms with van der Waals surface area (Å²) in [5.74, 6) is 1.67. The summed E-state index contributed by atoms with van der Waals surface area (Å²) in [6.45, 7) is 4.14. The van der Waals surface area contributed by atoms with Crippen LogP contribution in [-0.4, -0.2) is 16.5 Å². The summed E-state index contributed by atoms with van der Waals surface area (Å²) in [6, 6.07) is 0. The van der Waals surface area contributed by atoms with Gasteiger partial charge in [0.05, 0.1) is 5.60 Å². The van der Waals surface area contributed by atoms with Crippen LogP contribution in [0.1, 0.15) is 39.5 Å². The molecule has 0 amide bonds. The third-order valence-corrected chi connectivity index (χ3v) is 4.28. The van der Waals surface area contributed by atoms with Gasteiger partial charge >= 0.3 is 0 Å². The zero-order chi connectivity index (χ0) is 9.64. The highest BCUT2D eigenvalue weighted by molar-refractivity contribution is 5.81. The van der Waals surface area contributed by atoms with Crippen molar-refractivity contribution in [2.24, 2.45) is 17.8 Å². The summed E-state index contributed by atoms with van der Waals surface area (Å²) in [7, 11) is 0. The Morgan fingerprint density at radius 2 is 2.23 bits per heavy atom. The van der Waals surface area contributed by atoms with Crippen molar-refractivity contribution in [3.63, 3.8) is 0 Å². The van der Waals surface area contributed by atoms with Crippen LogP contribution >= 0.6 is 0 Å². The standard InChI is InChI=1S/C11H18O2/c1-3-11(13)6-8-4-9(12)5-10(8)7(11)2/h7-8,10,13H,3-6H2,1-2H3/t7-,8-,10+,11-/m1/s1. The molecule has 0 bridgehead atoms. The second-order valence-electron chi connectivity index (χ2n) is 4.82. The van der Waals surface area contributed by atoms with Gasteiger partial charge in [-0.25, -0.2) is 0 Å². The van der Waals surface area contributed by atoms with Crippen molar-refractivity contribution in [3.05, 3.63) is 0 Å². The Bertz CT molecular complexity index is 236. The van der Waals surface area contributed by atoms with E-state index in [9.17, 15) is 9.90 Å². The molecule has 2 rings (SSSR count). The number of hydrogen-bond donors (Lipinski definition) is 1. The molecule has 0 aromatic rings. The molecular weight excluding hydrogens is 164 g/mol. The van der Waals surface area contributed by atoms with Crippen LogP contribution in [0.15, 0.2) is 0 Å². The summed E-state index contributed by atoms with van der Waals surface area (Å²) in [5, 5.41) is 10.2. The fourth-order valence-electron chi connectivity index (χ4n) is 3.27. The Balaban J connectivity index is 2.17. The van der Waals surface area contributed by atoms with Crippen molar-refractivity contribution in [2.75, 3.05) is 0 Å². The van der Waals surface area contributed by atoms with Gasteiger partial charge in [-0.3, -0.25) is 4.79 Å². The van der Waals surface area contributed by atoms with Crippen LogP contribution in [0.3, 0.4) is 0 Å². The van der Waals surface area contributed by atoms with Crippen molar-refractivity contribution in [3.8, 4) is 0 Å². The molecule has 2 saturated carbocycles. The van der Waals surface area contributed by atoms with Crippen molar-refractivity contribution >= 4 is 5.78 Å². The van der Waals surface area contributed by atoms with E-state index >= 15 is 0 Å². The highest BCUT2D eigenvalue weighted by Gasteiger charge is 2.52. The topological polar surface area (TPSA) is 37.3 Å². The molecule has 2 aliphatic carbocycles. The second kappa shape index (κ2) is 2.81. The second-order valence-corrected chi connectivity index (χ2v) is 4.82. The number of aliphatic hydroxyl groups is 1. The maximum absolute atomic E-state index is 11.2. The van der Waals surface area contributed by atoms with Crippen LogP contribution in [-0.2, 0) is 4.79 Å². The molecule has 2 heteroatoms. The van der Waals surface area contributed by atoms with E-state index in [1.165, 1.54) is 0 Å². The van der Waals surface area contributed by atoms with E-state index < -0.39 is 5.60 Å². The molecule has 0 spiro atoms. The highest BCUT2D eigenvalue weighted by atomic mass is 16.3. The lowest BCUT2D eigenvalue weighted by molar-refractivity contribution is -0.118. The van der Waals surface area contributed by atoms with Gasteiger partial charge in [-0.05, 0) is 30.6 Å². The van der Waals surface area contributed by atoms with Crippen molar-refractivity contribution < 1.29 is 9.90 Å². The molecule has 0 saturated heterocycles. The Hall–Kier alpha value is -0.370. The molecule has 0 radical (unpaired) electrons. The number of fused-ring (bicyclic) bond motifs is 1. The van der Waals surface area contributed by atoms with Crippen LogP contribution < -0.4 is 0 Å². The molecule has 0 unspecified atom stereocenters. The Morgan fingerprint density at radius 3 is 2.77 bits per heavy atom. The smallest absolute Gasteiger partial charge is 0.133 e. The summed E-state index contributed by atoms with van der Waals surface area (Å²) in [5.41, 5.74) is -0.476. The quantitative estimate of drug-likeness (QED) is 0.671. The van der Waals surface area contributed by atoms with E-state index in [1.807, 2.05) is 6.92 Å². The molecule has 1 N–H and O–H groups in total. The van der Waals surface area contributed by atoms with Gasteiger partial charge in [-0.1, -0.05) is 13.8 Å². The Labute approximate surface area is 79.3 Å². The molecule has 13 heavy (non-hydrogen) atoms. The van der Waals surface area contributed by atoms with Gasteiger partial charge in [0.1, 0.15) is 5.78 Å². The van der Waals surface area contributed by atoms with E-state index in [-0.39, 0.29) is 0 Å². The van der Waals surface area contributed by atoms with E-state index in [0.717, 1.165) is 19.3 Å². The van der Waals surface area contributed by atoms with Crippen LogP contribution in [0.4, 0.5) is 0 Å². The van der Waals surface area contributed by atoms with Gasteiger partial charge in [-0.2, -0.15) is 0 Å². The maximum Gasteiger partial charge on any atom is 0.133 e. The van der Waals surface area contributed by atoms with Crippen LogP contribution in [0.2, 0.25) is 0 Å². The molecule has 2 aliphatic rings. The predicted molar refractivity (Wildman–Crippen MR) is 50.2 cm³/mol. The lowest BCUT2D eigenvalue weighted by Gasteiger charge is -2.28. The third kappa shape index (κ3) is 1.23. The van der Waals surface area contributed by atoms with Gasteiger partial charge in [-0.15, -0.1) is 0 Å². The van der Waals surface area contributed by atoms with Gasteiger partial charge in [0.2, 0.25) is 0 Å². The molecule has 4 atom stereocenters. The lowest BCUT2D eigenvalue weighted by Crippen LogP contribution is -2.33. The molecule has 0 aromatic carbocycles. The number of carbonyl (C=O) groups excluding carboxylic acids is 1. The predicted octanol–water partition coefficient (Wildman–Crippen LogP) is 1.76. The largest absolute Gasteiger partial charge is 0.390 e. The maximum atomic E-state index is 11.2. The van der Waals surface area contributed by atoms with E-state index in [4.69, 9.17) is 0 Å². The number of Topliss-reactive ketones (excluding diaryl/α,β-unsaturated/α-hetero) is 1. The Kier molecular flexibility index (Phi) is 1.99. The first kappa shape index (κ1) is 9.20. The highest BCUT2D eigenvalue weighted by Crippen LogP contribution is 2.52. The molecule has 0 heterocycles. The summed E-state index contributed by atoms with van der Waals surface area (Å²) >= 11 is 0. The van der Waals surface area contributed by atoms with Crippen molar-refractivity contribution in [2.45, 2.75) is 45.1 Å². The van der Waals surface area contributed by atoms with Crippen LogP contribution in [0.5, 0.6) is 0 Å². The number of carbonyl (C=O) groups is 1. The summed E-state index contributed by atoms with van der Waals surface area (Å²) in [6.07, 6.45) is 3.11. The van der Waals surface area contributed by atoms with Gasteiger partial charge in [0, 0.05) is 12.8 Å². The first-order valence-corrected chi connectivity index (χ1v) is 5.31. The third-order valence-electron chi connectivity index (χ3n) is 4.28. The lowest BCUT2D eigenvalue weighted by atomic mass is 9.84. The molecule has 0 aliphatic heterocycles. The van der Waals surface area contributed by atoms with E-state index in [2.05, 4.69) is 6.92 Å². The fourth-order valence-corrected chi connectivity index (χ4v) is 3.27. The minimum Gasteiger partial charge on any atom is -0.390 e. The number of ketones is 1. The number of hydrogen-bond acceptors (Lipinski definition) is 2. The fraction of sp³-hybridized carbons (Fsp3) is 0.909. The van der Waals surface area contributed by atoms with E-state index in [1.54, 1.807) is 0 Å². The first-order valence-electron chi connectivity index (χ1n) is 5.31. The zero-order valence-corrected chi connectivity index (χ0v) is 8.42. The van der Waals surface area contributed by atoms with Gasteiger partial charge < -0.3 is 5.11 Å². The molecule has 2 fully saturated rings. The van der Waals surface area contributed by atoms with Crippen molar-refractivity contribution in [1.82, 2.24) is 0 Å². The molecule has 2 nitrogen and oxygen atoms in total. The minimum absolute atomic E-state index is 0.314. The van der Waals surface area contributed by atoms with Gasteiger partial charge in [0.25, 0.3) is 0 Å². The normalized spacial score (nSPS) is 49.8. The minimum atomic E-state index is -0.476. The van der Waals surface area contributed by atoms with E-state index in [0.29, 0.717) is 30.0 Å². The number of rotatable bonds is 1. The monoisotopic (exact) mass is 182 g/mol.